The van der Waals surface area contributed by atoms with Crippen molar-refractivity contribution in [3.8, 4) is 0 Å². The molecule has 1 aliphatic rings. The first-order valence-electron chi connectivity index (χ1n) is 8.24. The summed E-state index contributed by atoms with van der Waals surface area (Å²) >= 11 is 0. The van der Waals surface area contributed by atoms with Crippen LogP contribution in [0.5, 0.6) is 0 Å². The minimum Gasteiger partial charge on any atom is -0.312 e. The number of nitrogens with one attached hydrogen (secondary N) is 1. The fraction of sp³-hybridized carbons (Fsp3) is 0.824. The Kier molecular flexibility index (Phi) is 5.25. The van der Waals surface area contributed by atoms with Gasteiger partial charge in [0.15, 0.2) is 0 Å². The molecule has 0 aliphatic heterocycles. The molecule has 1 heterocycles. The van der Waals surface area contributed by atoms with Gasteiger partial charge in [0.2, 0.25) is 0 Å². The highest BCUT2D eigenvalue weighted by Crippen LogP contribution is 2.33. The van der Waals surface area contributed by atoms with Crippen molar-refractivity contribution in [2.24, 2.45) is 11.8 Å². The highest BCUT2D eigenvalue weighted by Gasteiger charge is 2.26. The molecule has 1 saturated carbocycles. The minimum absolute atomic E-state index is 0.213. The van der Waals surface area contributed by atoms with Crippen LogP contribution in [0.2, 0.25) is 0 Å². The molecule has 0 bridgehead atoms. The molecular formula is C17H31N3. The van der Waals surface area contributed by atoms with Gasteiger partial charge in [-0.15, -0.1) is 0 Å². The predicted molar refractivity (Wildman–Crippen MR) is 84.8 cm³/mol. The summed E-state index contributed by atoms with van der Waals surface area (Å²) in [5.74, 6) is 1.65. The van der Waals surface area contributed by atoms with E-state index in [0.29, 0.717) is 0 Å². The lowest BCUT2D eigenvalue weighted by atomic mass is 9.85. The maximum absolute atomic E-state index is 4.42. The average Bonchev–Trinajstić information content (AvgIpc) is 3.04. The van der Waals surface area contributed by atoms with Gasteiger partial charge < -0.3 is 5.32 Å². The number of aromatic nitrogens is 2. The maximum Gasteiger partial charge on any atom is 0.0521 e. The number of rotatable bonds is 6. The van der Waals surface area contributed by atoms with Gasteiger partial charge in [-0.1, -0.05) is 25.7 Å². The summed E-state index contributed by atoms with van der Waals surface area (Å²) in [4.78, 5) is 0. The van der Waals surface area contributed by atoms with E-state index < -0.39 is 0 Å². The fourth-order valence-electron chi connectivity index (χ4n) is 3.26. The largest absolute Gasteiger partial charge is 0.312 e. The van der Waals surface area contributed by atoms with Gasteiger partial charge in [0.05, 0.1) is 6.20 Å². The second-order valence-corrected chi connectivity index (χ2v) is 7.34. The first kappa shape index (κ1) is 15.6. The monoisotopic (exact) mass is 277 g/mol. The summed E-state index contributed by atoms with van der Waals surface area (Å²) in [6, 6.07) is 0. The van der Waals surface area contributed by atoms with Crippen LogP contribution in [0.3, 0.4) is 0 Å². The Bertz CT molecular complexity index is 397. The highest BCUT2D eigenvalue weighted by molar-refractivity contribution is 5.06. The topological polar surface area (TPSA) is 29.9 Å². The molecule has 1 atom stereocenters. The van der Waals surface area contributed by atoms with Gasteiger partial charge in [0, 0.05) is 18.3 Å². The first-order chi connectivity index (χ1) is 9.48. The van der Waals surface area contributed by atoms with Crippen LogP contribution in [0, 0.1) is 11.8 Å². The van der Waals surface area contributed by atoms with E-state index >= 15 is 0 Å². The van der Waals surface area contributed by atoms with Crippen molar-refractivity contribution in [1.82, 2.24) is 15.1 Å². The Hall–Kier alpha value is -0.830. The zero-order chi connectivity index (χ0) is 14.6. The lowest BCUT2D eigenvalue weighted by Gasteiger charge is -2.28. The van der Waals surface area contributed by atoms with E-state index in [1.807, 2.05) is 4.68 Å². The van der Waals surface area contributed by atoms with E-state index in [2.05, 4.69) is 50.5 Å². The van der Waals surface area contributed by atoms with Crippen molar-refractivity contribution in [2.75, 3.05) is 6.54 Å². The Morgan fingerprint density at radius 2 is 2.05 bits per heavy atom. The van der Waals surface area contributed by atoms with Gasteiger partial charge in [-0.3, -0.25) is 4.68 Å². The zero-order valence-corrected chi connectivity index (χ0v) is 13.7. The molecule has 1 unspecified atom stereocenters. The van der Waals surface area contributed by atoms with E-state index in [1.165, 1.54) is 37.7 Å². The van der Waals surface area contributed by atoms with Crippen LogP contribution >= 0.6 is 0 Å². The second-order valence-electron chi connectivity index (χ2n) is 7.34. The predicted octanol–water partition coefficient (Wildman–Crippen LogP) is 3.64. The summed E-state index contributed by atoms with van der Waals surface area (Å²) in [7, 11) is 0. The van der Waals surface area contributed by atoms with E-state index in [4.69, 9.17) is 0 Å². The Morgan fingerprint density at radius 1 is 1.35 bits per heavy atom. The molecule has 3 nitrogen and oxygen atoms in total. The van der Waals surface area contributed by atoms with E-state index in [0.717, 1.165) is 24.9 Å². The lowest BCUT2D eigenvalue weighted by molar-refractivity contribution is 0.286. The summed E-state index contributed by atoms with van der Waals surface area (Å²) in [5.41, 5.74) is 1.62. The third-order valence-electron chi connectivity index (χ3n) is 4.47. The molecule has 20 heavy (non-hydrogen) atoms. The lowest BCUT2D eigenvalue weighted by Crippen LogP contribution is -2.41. The highest BCUT2D eigenvalue weighted by atomic mass is 15.3. The molecule has 1 aromatic rings. The van der Waals surface area contributed by atoms with Crippen LogP contribution in [0.15, 0.2) is 12.4 Å². The van der Waals surface area contributed by atoms with E-state index in [1.54, 1.807) is 0 Å². The van der Waals surface area contributed by atoms with Crippen molar-refractivity contribution in [3.63, 3.8) is 0 Å². The molecule has 0 saturated heterocycles. The second kappa shape index (κ2) is 6.75. The SMILES string of the molecule is CCn1cc(CC(CNC(C)(C)C)C2CCCC2)cn1. The summed E-state index contributed by atoms with van der Waals surface area (Å²) in [5, 5.41) is 8.13. The minimum atomic E-state index is 0.213. The fourth-order valence-corrected chi connectivity index (χ4v) is 3.26. The normalized spacial score (nSPS) is 18.6. The number of aryl methyl sites for hydroxylation is 1. The summed E-state index contributed by atoms with van der Waals surface area (Å²) < 4.78 is 2.04. The molecule has 0 radical (unpaired) electrons. The Balaban J connectivity index is 1.97. The van der Waals surface area contributed by atoms with Gasteiger partial charge >= 0.3 is 0 Å². The van der Waals surface area contributed by atoms with Crippen LogP contribution in [0.1, 0.15) is 58.9 Å². The average molecular weight is 277 g/mol. The molecule has 0 spiro atoms. The molecule has 1 N–H and O–H groups in total. The van der Waals surface area contributed by atoms with Gasteiger partial charge in [0.25, 0.3) is 0 Å². The van der Waals surface area contributed by atoms with E-state index in [9.17, 15) is 0 Å². The summed E-state index contributed by atoms with van der Waals surface area (Å²) in [6.45, 7) is 11.0. The third-order valence-corrected chi connectivity index (χ3v) is 4.47. The van der Waals surface area contributed by atoms with Crippen molar-refractivity contribution in [2.45, 2.75) is 71.9 Å². The van der Waals surface area contributed by atoms with Gasteiger partial charge in [-0.05, 0) is 58.1 Å². The smallest absolute Gasteiger partial charge is 0.0521 e. The standard InChI is InChI=1S/C17H31N3/c1-5-20-13-14(11-19-20)10-16(12-18-17(2,3)4)15-8-6-7-9-15/h11,13,15-16,18H,5-10,12H2,1-4H3. The first-order valence-corrected chi connectivity index (χ1v) is 8.24. The van der Waals surface area contributed by atoms with Gasteiger partial charge in [-0.2, -0.15) is 5.10 Å². The molecular weight excluding hydrogens is 246 g/mol. The van der Waals surface area contributed by atoms with Crippen molar-refractivity contribution in [3.05, 3.63) is 18.0 Å². The molecule has 3 heteroatoms. The van der Waals surface area contributed by atoms with Crippen LogP contribution in [0.4, 0.5) is 0 Å². The quantitative estimate of drug-likeness (QED) is 0.860. The third kappa shape index (κ3) is 4.62. The van der Waals surface area contributed by atoms with Crippen LogP contribution in [-0.4, -0.2) is 21.9 Å². The summed E-state index contributed by atoms with van der Waals surface area (Å²) in [6.07, 6.45) is 11.1. The van der Waals surface area contributed by atoms with Crippen molar-refractivity contribution in [1.29, 1.82) is 0 Å². The van der Waals surface area contributed by atoms with E-state index in [-0.39, 0.29) is 5.54 Å². The number of hydrogen-bond acceptors (Lipinski definition) is 2. The molecule has 114 valence electrons. The van der Waals surface area contributed by atoms with Crippen molar-refractivity contribution >= 4 is 0 Å². The molecule has 1 fully saturated rings. The number of hydrogen-bond donors (Lipinski definition) is 1. The van der Waals surface area contributed by atoms with Gasteiger partial charge in [0.1, 0.15) is 0 Å². The van der Waals surface area contributed by atoms with Crippen LogP contribution < -0.4 is 5.32 Å². The molecule has 1 aliphatic carbocycles. The molecule has 2 rings (SSSR count). The molecule has 1 aromatic heterocycles. The Labute approximate surface area is 124 Å². The van der Waals surface area contributed by atoms with Gasteiger partial charge in [-0.25, -0.2) is 0 Å². The molecule has 0 aromatic carbocycles. The van der Waals surface area contributed by atoms with Crippen molar-refractivity contribution < 1.29 is 0 Å². The van der Waals surface area contributed by atoms with Crippen LogP contribution in [0.25, 0.3) is 0 Å². The number of nitrogens with zero attached hydrogens (tertiary/aromatic N) is 2. The Morgan fingerprint density at radius 3 is 2.60 bits per heavy atom. The van der Waals surface area contributed by atoms with Crippen LogP contribution in [-0.2, 0) is 13.0 Å². The zero-order valence-electron chi connectivity index (χ0n) is 13.7. The maximum atomic E-state index is 4.42. The molecule has 0 amide bonds.